The Morgan fingerprint density at radius 1 is 1.07 bits per heavy atom. The van der Waals surface area contributed by atoms with Crippen LogP contribution in [0.5, 0.6) is 0 Å². The van der Waals surface area contributed by atoms with Crippen molar-refractivity contribution in [2.75, 3.05) is 42.9 Å². The molecular formula is C20H22ClF2N3O. The standard InChI is InChI=1S/C20H22ClF2N3O/c1-2-25-8-3-9-26(11-10-25)19-7-5-15(13-18(19)23)24-20(27)16-12-14(21)4-6-17(16)22/h4-7,12-13H,2-3,8-11H2,1H3,(H,24,27). The number of benzene rings is 2. The first-order valence-corrected chi connectivity index (χ1v) is 9.39. The third kappa shape index (κ3) is 4.76. The van der Waals surface area contributed by atoms with Crippen LogP contribution in [-0.4, -0.2) is 43.5 Å². The fourth-order valence-corrected chi connectivity index (χ4v) is 3.41. The highest BCUT2D eigenvalue weighted by Crippen LogP contribution is 2.25. The van der Waals surface area contributed by atoms with Crippen LogP contribution in [0.4, 0.5) is 20.2 Å². The molecule has 0 spiro atoms. The fourth-order valence-electron chi connectivity index (χ4n) is 3.24. The molecule has 0 atom stereocenters. The molecule has 0 unspecified atom stereocenters. The molecule has 27 heavy (non-hydrogen) atoms. The van der Waals surface area contributed by atoms with Gasteiger partial charge in [0, 0.05) is 30.3 Å². The third-order valence-electron chi connectivity index (χ3n) is 4.76. The van der Waals surface area contributed by atoms with Crippen LogP contribution in [-0.2, 0) is 0 Å². The molecule has 1 aliphatic rings. The Morgan fingerprint density at radius 3 is 2.63 bits per heavy atom. The van der Waals surface area contributed by atoms with Gasteiger partial charge in [0.25, 0.3) is 5.91 Å². The Morgan fingerprint density at radius 2 is 1.89 bits per heavy atom. The Bertz CT molecular complexity index is 831. The lowest BCUT2D eigenvalue weighted by molar-refractivity contribution is 0.102. The van der Waals surface area contributed by atoms with E-state index in [1.807, 2.05) is 4.90 Å². The number of hydrogen-bond donors (Lipinski definition) is 1. The smallest absolute Gasteiger partial charge is 0.258 e. The number of likely N-dealkylation sites (N-methyl/N-ethyl adjacent to an activating group) is 1. The molecule has 144 valence electrons. The van der Waals surface area contributed by atoms with Crippen LogP contribution in [0, 0.1) is 11.6 Å². The zero-order valence-corrected chi connectivity index (χ0v) is 15.9. The summed E-state index contributed by atoms with van der Waals surface area (Å²) in [7, 11) is 0. The normalized spacial score (nSPS) is 15.5. The first-order valence-electron chi connectivity index (χ1n) is 9.01. The molecule has 0 bridgehead atoms. The van der Waals surface area contributed by atoms with E-state index in [0.29, 0.717) is 5.69 Å². The van der Waals surface area contributed by atoms with Crippen molar-refractivity contribution in [3.63, 3.8) is 0 Å². The van der Waals surface area contributed by atoms with Crippen LogP contribution in [0.15, 0.2) is 36.4 Å². The number of halogens is 3. The van der Waals surface area contributed by atoms with Crippen LogP contribution in [0.3, 0.4) is 0 Å². The summed E-state index contributed by atoms with van der Waals surface area (Å²) >= 11 is 5.81. The highest BCUT2D eigenvalue weighted by molar-refractivity contribution is 6.31. The molecule has 1 aliphatic heterocycles. The predicted octanol–water partition coefficient (Wildman–Crippen LogP) is 4.40. The number of nitrogens with one attached hydrogen (secondary N) is 1. The van der Waals surface area contributed by atoms with E-state index in [2.05, 4.69) is 17.1 Å². The van der Waals surface area contributed by atoms with E-state index in [4.69, 9.17) is 11.6 Å². The molecule has 4 nitrogen and oxygen atoms in total. The summed E-state index contributed by atoms with van der Waals surface area (Å²) in [5.74, 6) is -1.76. The number of amides is 1. The first kappa shape index (κ1) is 19.6. The number of carbonyl (C=O) groups is 1. The number of carbonyl (C=O) groups excluding carboxylic acids is 1. The zero-order chi connectivity index (χ0) is 19.4. The number of anilines is 2. The van der Waals surface area contributed by atoms with E-state index >= 15 is 0 Å². The summed E-state index contributed by atoms with van der Waals surface area (Å²) in [6.45, 7) is 6.55. The van der Waals surface area contributed by atoms with Gasteiger partial charge >= 0.3 is 0 Å². The minimum Gasteiger partial charge on any atom is -0.368 e. The second kappa shape index (κ2) is 8.67. The quantitative estimate of drug-likeness (QED) is 0.836. The van der Waals surface area contributed by atoms with Crippen LogP contribution < -0.4 is 10.2 Å². The van der Waals surface area contributed by atoms with Crippen molar-refractivity contribution in [2.24, 2.45) is 0 Å². The molecule has 0 aromatic heterocycles. The van der Waals surface area contributed by atoms with Crippen molar-refractivity contribution in [1.29, 1.82) is 0 Å². The number of rotatable bonds is 4. The molecule has 1 saturated heterocycles. The second-order valence-electron chi connectivity index (χ2n) is 6.52. The average molecular weight is 394 g/mol. The third-order valence-corrected chi connectivity index (χ3v) is 4.99. The average Bonchev–Trinajstić information content (AvgIpc) is 2.89. The van der Waals surface area contributed by atoms with Crippen LogP contribution in [0.2, 0.25) is 5.02 Å². The summed E-state index contributed by atoms with van der Waals surface area (Å²) < 4.78 is 28.4. The van der Waals surface area contributed by atoms with Crippen LogP contribution in [0.1, 0.15) is 23.7 Å². The van der Waals surface area contributed by atoms with Crippen molar-refractivity contribution in [2.45, 2.75) is 13.3 Å². The maximum absolute atomic E-state index is 14.6. The lowest BCUT2D eigenvalue weighted by Crippen LogP contribution is -2.31. The van der Waals surface area contributed by atoms with Crippen LogP contribution >= 0.6 is 11.6 Å². The van der Waals surface area contributed by atoms with E-state index in [1.165, 1.54) is 18.2 Å². The van der Waals surface area contributed by atoms with E-state index in [9.17, 15) is 13.6 Å². The number of hydrogen-bond acceptors (Lipinski definition) is 3. The molecule has 1 heterocycles. The molecule has 3 rings (SSSR count). The first-order chi connectivity index (χ1) is 13.0. The molecular weight excluding hydrogens is 372 g/mol. The summed E-state index contributed by atoms with van der Waals surface area (Å²) in [4.78, 5) is 16.6. The van der Waals surface area contributed by atoms with Gasteiger partial charge in [-0.25, -0.2) is 8.78 Å². The van der Waals surface area contributed by atoms with Gasteiger partial charge in [0.15, 0.2) is 0 Å². The number of nitrogens with zero attached hydrogens (tertiary/aromatic N) is 2. The Kier molecular flexibility index (Phi) is 6.29. The molecule has 7 heteroatoms. The second-order valence-corrected chi connectivity index (χ2v) is 6.96. The largest absolute Gasteiger partial charge is 0.368 e. The summed E-state index contributed by atoms with van der Waals surface area (Å²) in [6, 6.07) is 8.27. The topological polar surface area (TPSA) is 35.6 Å². The monoisotopic (exact) mass is 393 g/mol. The SMILES string of the molecule is CCN1CCCN(c2ccc(NC(=O)c3cc(Cl)ccc3F)cc2F)CC1. The molecule has 0 radical (unpaired) electrons. The van der Waals surface area contributed by atoms with Gasteiger partial charge in [0.1, 0.15) is 11.6 Å². The van der Waals surface area contributed by atoms with Gasteiger partial charge in [-0.05, 0) is 55.9 Å². The van der Waals surface area contributed by atoms with E-state index < -0.39 is 17.5 Å². The van der Waals surface area contributed by atoms with E-state index in [1.54, 1.807) is 12.1 Å². The van der Waals surface area contributed by atoms with Crippen molar-refractivity contribution < 1.29 is 13.6 Å². The maximum atomic E-state index is 14.6. The van der Waals surface area contributed by atoms with Crippen molar-refractivity contribution in [3.8, 4) is 0 Å². The van der Waals surface area contributed by atoms with E-state index in [0.717, 1.165) is 45.2 Å². The van der Waals surface area contributed by atoms with Gasteiger partial charge in [-0.3, -0.25) is 4.79 Å². The lowest BCUT2D eigenvalue weighted by atomic mass is 10.2. The van der Waals surface area contributed by atoms with Crippen LogP contribution in [0.25, 0.3) is 0 Å². The fraction of sp³-hybridized carbons (Fsp3) is 0.350. The predicted molar refractivity (Wildman–Crippen MR) is 105 cm³/mol. The molecule has 0 aliphatic carbocycles. The highest BCUT2D eigenvalue weighted by atomic mass is 35.5. The molecule has 2 aromatic rings. The lowest BCUT2D eigenvalue weighted by Gasteiger charge is -2.24. The van der Waals surface area contributed by atoms with Crippen molar-refractivity contribution >= 4 is 28.9 Å². The highest BCUT2D eigenvalue weighted by Gasteiger charge is 2.18. The minimum atomic E-state index is -0.681. The molecule has 0 saturated carbocycles. The molecule has 1 fully saturated rings. The van der Waals surface area contributed by atoms with Gasteiger partial charge in [0.05, 0.1) is 11.3 Å². The van der Waals surface area contributed by atoms with Gasteiger partial charge in [-0.15, -0.1) is 0 Å². The maximum Gasteiger partial charge on any atom is 0.258 e. The molecule has 1 amide bonds. The van der Waals surface area contributed by atoms with Gasteiger partial charge < -0.3 is 15.1 Å². The van der Waals surface area contributed by atoms with Gasteiger partial charge in [-0.1, -0.05) is 18.5 Å². The minimum absolute atomic E-state index is 0.181. The van der Waals surface area contributed by atoms with E-state index in [-0.39, 0.29) is 16.3 Å². The van der Waals surface area contributed by atoms with Crippen molar-refractivity contribution in [1.82, 2.24) is 4.90 Å². The molecule has 1 N–H and O–H groups in total. The Labute approximate surface area is 162 Å². The summed E-state index contributed by atoms with van der Waals surface area (Å²) in [6.07, 6.45) is 0.972. The molecule has 2 aromatic carbocycles. The van der Waals surface area contributed by atoms with Gasteiger partial charge in [0.2, 0.25) is 0 Å². The Hall–Kier alpha value is -2.18. The zero-order valence-electron chi connectivity index (χ0n) is 15.1. The Balaban J connectivity index is 1.73. The summed E-state index contributed by atoms with van der Waals surface area (Å²) in [5, 5.41) is 2.78. The van der Waals surface area contributed by atoms with Gasteiger partial charge in [-0.2, -0.15) is 0 Å². The van der Waals surface area contributed by atoms with Crippen molar-refractivity contribution in [3.05, 3.63) is 58.6 Å². The summed E-state index contributed by atoms with van der Waals surface area (Å²) in [5.41, 5.74) is 0.602.